The Balaban J connectivity index is 2.03. The highest BCUT2D eigenvalue weighted by Crippen LogP contribution is 2.11. The second-order valence-electron chi connectivity index (χ2n) is 5.66. The molecule has 0 aliphatic rings. The van der Waals surface area contributed by atoms with Crippen LogP contribution in [0.3, 0.4) is 0 Å². The first-order chi connectivity index (χ1) is 12.0. The summed E-state index contributed by atoms with van der Waals surface area (Å²) in [6.45, 7) is 5.24. The molecule has 0 N–H and O–H groups in total. The van der Waals surface area contributed by atoms with Gasteiger partial charge >= 0.3 is 0 Å². The van der Waals surface area contributed by atoms with E-state index < -0.39 is 0 Å². The van der Waals surface area contributed by atoms with Gasteiger partial charge in [0.15, 0.2) is 5.76 Å². The predicted octanol–water partition coefficient (Wildman–Crippen LogP) is 1.43. The fourth-order valence-electron chi connectivity index (χ4n) is 2.48. The van der Waals surface area contributed by atoms with Crippen LogP contribution in [0.5, 0.6) is 0 Å². The van der Waals surface area contributed by atoms with Crippen LogP contribution in [0.2, 0.25) is 0 Å². The second-order valence-corrected chi connectivity index (χ2v) is 5.66. The SMILES string of the molecule is CCN(CC)C(=O)CN(C)C(=O)c1ccc(Cn2ccccc2=O)o1. The quantitative estimate of drug-likeness (QED) is 0.761. The topological polar surface area (TPSA) is 75.8 Å². The summed E-state index contributed by atoms with van der Waals surface area (Å²) in [5.41, 5.74) is -0.145. The van der Waals surface area contributed by atoms with E-state index in [2.05, 4.69) is 0 Å². The Morgan fingerprint density at radius 3 is 2.48 bits per heavy atom. The summed E-state index contributed by atoms with van der Waals surface area (Å²) in [5, 5.41) is 0. The van der Waals surface area contributed by atoms with Crippen molar-refractivity contribution < 1.29 is 14.0 Å². The Hall–Kier alpha value is -2.83. The minimum Gasteiger partial charge on any atom is -0.454 e. The van der Waals surface area contributed by atoms with Crippen LogP contribution >= 0.6 is 0 Å². The molecular formula is C18H23N3O4. The maximum atomic E-state index is 12.4. The molecule has 0 spiro atoms. The van der Waals surface area contributed by atoms with Crippen molar-refractivity contribution >= 4 is 11.8 Å². The maximum Gasteiger partial charge on any atom is 0.289 e. The average molecular weight is 345 g/mol. The molecule has 0 saturated heterocycles. The maximum absolute atomic E-state index is 12.4. The number of amides is 2. The summed E-state index contributed by atoms with van der Waals surface area (Å²) in [6, 6.07) is 8.10. The molecule has 2 rings (SSSR count). The van der Waals surface area contributed by atoms with Gasteiger partial charge in [-0.05, 0) is 32.0 Å². The Bertz CT molecular complexity index is 789. The molecule has 0 atom stereocenters. The minimum absolute atomic E-state index is 0.00527. The number of likely N-dealkylation sites (N-methyl/N-ethyl adjacent to an activating group) is 2. The molecule has 2 aromatic heterocycles. The monoisotopic (exact) mass is 345 g/mol. The first-order valence-electron chi connectivity index (χ1n) is 8.23. The number of rotatable bonds is 7. The summed E-state index contributed by atoms with van der Waals surface area (Å²) >= 11 is 0. The van der Waals surface area contributed by atoms with Crippen LogP contribution in [0.4, 0.5) is 0 Å². The lowest BCUT2D eigenvalue weighted by Crippen LogP contribution is -2.40. The zero-order valence-corrected chi connectivity index (χ0v) is 14.8. The number of pyridine rings is 1. The van der Waals surface area contributed by atoms with Crippen molar-refractivity contribution in [3.63, 3.8) is 0 Å². The van der Waals surface area contributed by atoms with Gasteiger partial charge in [-0.2, -0.15) is 0 Å². The third-order valence-electron chi connectivity index (χ3n) is 3.93. The van der Waals surface area contributed by atoms with Crippen LogP contribution in [-0.2, 0) is 11.3 Å². The third-order valence-corrected chi connectivity index (χ3v) is 3.93. The summed E-state index contributed by atoms with van der Waals surface area (Å²) < 4.78 is 7.03. The lowest BCUT2D eigenvalue weighted by molar-refractivity contribution is -0.131. The minimum atomic E-state index is -0.368. The number of hydrogen-bond donors (Lipinski definition) is 0. The molecule has 0 fully saturated rings. The summed E-state index contributed by atoms with van der Waals surface area (Å²) in [5.74, 6) is 0.171. The van der Waals surface area contributed by atoms with Gasteiger partial charge in [0.25, 0.3) is 11.5 Å². The molecule has 0 aliphatic heterocycles. The molecule has 0 bridgehead atoms. The fraction of sp³-hybridized carbons (Fsp3) is 0.389. The largest absolute Gasteiger partial charge is 0.454 e. The van der Waals surface area contributed by atoms with Crippen molar-refractivity contribution in [3.8, 4) is 0 Å². The van der Waals surface area contributed by atoms with E-state index in [0.717, 1.165) is 0 Å². The van der Waals surface area contributed by atoms with Crippen molar-refractivity contribution in [2.24, 2.45) is 0 Å². The van der Waals surface area contributed by atoms with E-state index in [9.17, 15) is 14.4 Å². The molecule has 25 heavy (non-hydrogen) atoms. The van der Waals surface area contributed by atoms with Crippen molar-refractivity contribution in [2.45, 2.75) is 20.4 Å². The summed E-state index contributed by atoms with van der Waals surface area (Å²) in [4.78, 5) is 39.2. The Morgan fingerprint density at radius 2 is 1.84 bits per heavy atom. The summed E-state index contributed by atoms with van der Waals surface area (Å²) in [6.07, 6.45) is 1.65. The highest BCUT2D eigenvalue weighted by molar-refractivity contribution is 5.94. The Labute approximate surface area is 146 Å². The molecule has 7 nitrogen and oxygen atoms in total. The van der Waals surface area contributed by atoms with E-state index in [4.69, 9.17) is 4.42 Å². The molecule has 2 heterocycles. The lowest BCUT2D eigenvalue weighted by Gasteiger charge is -2.22. The van der Waals surface area contributed by atoms with Gasteiger partial charge in [-0.15, -0.1) is 0 Å². The van der Waals surface area contributed by atoms with Gasteiger partial charge in [-0.1, -0.05) is 6.07 Å². The first kappa shape index (κ1) is 18.5. The number of carbonyl (C=O) groups excluding carboxylic acids is 2. The van der Waals surface area contributed by atoms with Crippen LogP contribution in [0.15, 0.2) is 45.7 Å². The van der Waals surface area contributed by atoms with Crippen LogP contribution in [0, 0.1) is 0 Å². The second kappa shape index (κ2) is 8.32. The smallest absolute Gasteiger partial charge is 0.289 e. The Kier molecular flexibility index (Phi) is 6.16. The molecule has 2 amide bonds. The van der Waals surface area contributed by atoms with Crippen LogP contribution in [-0.4, -0.2) is 52.9 Å². The normalized spacial score (nSPS) is 10.5. The van der Waals surface area contributed by atoms with Crippen molar-refractivity contribution in [1.29, 1.82) is 0 Å². The van der Waals surface area contributed by atoms with Gasteiger partial charge in [0.2, 0.25) is 5.91 Å². The van der Waals surface area contributed by atoms with Crippen molar-refractivity contribution in [1.82, 2.24) is 14.4 Å². The Morgan fingerprint density at radius 1 is 1.12 bits per heavy atom. The third kappa shape index (κ3) is 4.59. The molecular weight excluding hydrogens is 322 g/mol. The van der Waals surface area contributed by atoms with E-state index in [1.165, 1.54) is 15.5 Å². The molecule has 0 radical (unpaired) electrons. The van der Waals surface area contributed by atoms with Crippen molar-refractivity contribution in [3.05, 3.63) is 58.4 Å². The van der Waals surface area contributed by atoms with Crippen molar-refractivity contribution in [2.75, 3.05) is 26.7 Å². The van der Waals surface area contributed by atoms with E-state index in [-0.39, 0.29) is 36.2 Å². The molecule has 134 valence electrons. The fourth-order valence-corrected chi connectivity index (χ4v) is 2.48. The van der Waals surface area contributed by atoms with Gasteiger partial charge in [-0.25, -0.2) is 0 Å². The van der Waals surface area contributed by atoms with Gasteiger partial charge in [0, 0.05) is 32.4 Å². The number of furan rings is 1. The van der Waals surface area contributed by atoms with Crippen LogP contribution in [0.25, 0.3) is 0 Å². The lowest BCUT2D eigenvalue weighted by atomic mass is 10.3. The van der Waals surface area contributed by atoms with E-state index in [1.54, 1.807) is 42.4 Å². The number of nitrogens with zero attached hydrogens (tertiary/aromatic N) is 3. The average Bonchev–Trinajstić information content (AvgIpc) is 3.05. The van der Waals surface area contributed by atoms with E-state index in [1.807, 2.05) is 13.8 Å². The van der Waals surface area contributed by atoms with Gasteiger partial charge in [-0.3, -0.25) is 14.4 Å². The zero-order valence-electron chi connectivity index (χ0n) is 14.8. The first-order valence-corrected chi connectivity index (χ1v) is 8.23. The van der Waals surface area contributed by atoms with Crippen LogP contribution < -0.4 is 5.56 Å². The van der Waals surface area contributed by atoms with E-state index in [0.29, 0.717) is 18.8 Å². The molecule has 0 saturated carbocycles. The number of carbonyl (C=O) groups is 2. The predicted molar refractivity (Wildman–Crippen MR) is 93.4 cm³/mol. The highest BCUT2D eigenvalue weighted by Gasteiger charge is 2.20. The van der Waals surface area contributed by atoms with E-state index >= 15 is 0 Å². The van der Waals surface area contributed by atoms with Gasteiger partial charge < -0.3 is 18.8 Å². The highest BCUT2D eigenvalue weighted by atomic mass is 16.4. The zero-order chi connectivity index (χ0) is 18.4. The standard InChI is InChI=1S/C18H23N3O4/c1-4-20(5-2)17(23)13-19(3)18(24)15-10-9-14(25-15)12-21-11-7-6-8-16(21)22/h6-11H,4-5,12-13H2,1-3H3. The van der Waals surface area contributed by atoms with Crippen LogP contribution in [0.1, 0.15) is 30.2 Å². The summed E-state index contributed by atoms with van der Waals surface area (Å²) in [7, 11) is 1.56. The molecule has 7 heteroatoms. The number of hydrogen-bond acceptors (Lipinski definition) is 4. The molecule has 0 unspecified atom stereocenters. The molecule has 0 aromatic carbocycles. The number of aromatic nitrogens is 1. The van der Waals surface area contributed by atoms with Gasteiger partial charge in [0.1, 0.15) is 5.76 Å². The molecule has 2 aromatic rings. The van der Waals surface area contributed by atoms with Gasteiger partial charge in [0.05, 0.1) is 13.1 Å². The molecule has 0 aliphatic carbocycles.